The Labute approximate surface area is 135 Å². The minimum atomic E-state index is -0.443. The van der Waals surface area contributed by atoms with E-state index in [2.05, 4.69) is 0 Å². The second-order valence-electron chi connectivity index (χ2n) is 4.55. The topological polar surface area (TPSA) is 37.4 Å². The Morgan fingerprint density at radius 3 is 2.59 bits per heavy atom. The SMILES string of the molecule is O=C1S/C(=C\c2cccc(F)c2)C(=O)N1c1cccc(Cl)c1. The van der Waals surface area contributed by atoms with Crippen molar-refractivity contribution in [3.63, 3.8) is 0 Å². The molecule has 0 N–H and O–H groups in total. The molecule has 22 heavy (non-hydrogen) atoms. The monoisotopic (exact) mass is 333 g/mol. The van der Waals surface area contributed by atoms with Gasteiger partial charge >= 0.3 is 0 Å². The molecular weight excluding hydrogens is 325 g/mol. The number of rotatable bonds is 2. The van der Waals surface area contributed by atoms with E-state index in [0.717, 1.165) is 16.7 Å². The smallest absolute Gasteiger partial charge is 0.268 e. The fourth-order valence-electron chi connectivity index (χ4n) is 2.05. The van der Waals surface area contributed by atoms with E-state index >= 15 is 0 Å². The van der Waals surface area contributed by atoms with Crippen molar-refractivity contribution in [2.75, 3.05) is 4.90 Å². The number of carbonyl (C=O) groups excluding carboxylic acids is 2. The first-order valence-corrected chi connectivity index (χ1v) is 7.53. The number of imide groups is 1. The summed E-state index contributed by atoms with van der Waals surface area (Å²) in [6.07, 6.45) is 1.50. The fraction of sp³-hybridized carbons (Fsp3) is 0. The lowest BCUT2D eigenvalue weighted by molar-refractivity contribution is -0.113. The third-order valence-corrected chi connectivity index (χ3v) is 4.11. The summed E-state index contributed by atoms with van der Waals surface area (Å²) in [6.45, 7) is 0. The van der Waals surface area contributed by atoms with Gasteiger partial charge in [0, 0.05) is 5.02 Å². The van der Waals surface area contributed by atoms with Crippen LogP contribution in [0, 0.1) is 5.82 Å². The van der Waals surface area contributed by atoms with Gasteiger partial charge in [0.05, 0.1) is 10.6 Å². The number of anilines is 1. The molecule has 3 nitrogen and oxygen atoms in total. The molecule has 1 saturated heterocycles. The van der Waals surface area contributed by atoms with E-state index in [1.807, 2.05) is 0 Å². The highest BCUT2D eigenvalue weighted by atomic mass is 35.5. The Bertz CT molecular complexity index is 806. The van der Waals surface area contributed by atoms with Crippen LogP contribution in [0.3, 0.4) is 0 Å². The maximum Gasteiger partial charge on any atom is 0.298 e. The van der Waals surface area contributed by atoms with Crippen molar-refractivity contribution in [1.82, 2.24) is 0 Å². The first-order chi connectivity index (χ1) is 10.5. The van der Waals surface area contributed by atoms with Gasteiger partial charge in [-0.1, -0.05) is 29.8 Å². The number of hydrogen-bond acceptors (Lipinski definition) is 3. The van der Waals surface area contributed by atoms with Crippen molar-refractivity contribution in [1.29, 1.82) is 0 Å². The Balaban J connectivity index is 1.95. The molecule has 1 aliphatic heterocycles. The van der Waals surface area contributed by atoms with E-state index in [9.17, 15) is 14.0 Å². The molecule has 2 aromatic carbocycles. The molecule has 0 radical (unpaired) electrons. The normalized spacial score (nSPS) is 16.6. The number of halogens is 2. The zero-order chi connectivity index (χ0) is 15.7. The van der Waals surface area contributed by atoms with Crippen molar-refractivity contribution >= 4 is 46.3 Å². The maximum absolute atomic E-state index is 13.2. The predicted molar refractivity (Wildman–Crippen MR) is 86.3 cm³/mol. The number of carbonyl (C=O) groups is 2. The number of hydrogen-bond donors (Lipinski definition) is 0. The van der Waals surface area contributed by atoms with Gasteiger partial charge in [-0.3, -0.25) is 9.59 Å². The molecule has 1 fully saturated rings. The van der Waals surface area contributed by atoms with Gasteiger partial charge in [0.1, 0.15) is 5.82 Å². The van der Waals surface area contributed by atoms with Crippen molar-refractivity contribution in [3.8, 4) is 0 Å². The summed E-state index contributed by atoms with van der Waals surface area (Å²) in [5.41, 5.74) is 0.939. The summed E-state index contributed by atoms with van der Waals surface area (Å²) in [5, 5.41) is 0.0283. The first-order valence-electron chi connectivity index (χ1n) is 6.34. The summed E-state index contributed by atoms with van der Waals surface area (Å²) in [5.74, 6) is -0.843. The highest BCUT2D eigenvalue weighted by Crippen LogP contribution is 2.36. The molecule has 0 bridgehead atoms. The Kier molecular flexibility index (Phi) is 4.00. The van der Waals surface area contributed by atoms with Gasteiger partial charge in [-0.05, 0) is 53.7 Å². The fourth-order valence-corrected chi connectivity index (χ4v) is 3.08. The molecule has 6 heteroatoms. The van der Waals surface area contributed by atoms with Gasteiger partial charge in [0.2, 0.25) is 0 Å². The lowest BCUT2D eigenvalue weighted by Crippen LogP contribution is -2.27. The average Bonchev–Trinajstić information content (AvgIpc) is 2.73. The second-order valence-corrected chi connectivity index (χ2v) is 5.98. The van der Waals surface area contributed by atoms with Crippen molar-refractivity contribution in [2.45, 2.75) is 0 Å². The second kappa shape index (κ2) is 5.94. The minimum Gasteiger partial charge on any atom is -0.268 e. The highest BCUT2D eigenvalue weighted by molar-refractivity contribution is 8.19. The maximum atomic E-state index is 13.2. The number of amides is 2. The molecule has 0 unspecified atom stereocenters. The summed E-state index contributed by atoms with van der Waals surface area (Å²) >= 11 is 6.71. The number of nitrogens with zero attached hydrogens (tertiary/aromatic N) is 1. The average molecular weight is 334 g/mol. The van der Waals surface area contributed by atoms with E-state index in [-0.39, 0.29) is 4.91 Å². The van der Waals surface area contributed by atoms with Crippen LogP contribution in [-0.2, 0) is 4.79 Å². The molecular formula is C16H9ClFNO2S. The van der Waals surface area contributed by atoms with Gasteiger partial charge in [-0.2, -0.15) is 0 Å². The van der Waals surface area contributed by atoms with Crippen LogP contribution >= 0.6 is 23.4 Å². The molecule has 3 rings (SSSR count). The Morgan fingerprint density at radius 2 is 1.86 bits per heavy atom. The van der Waals surface area contributed by atoms with Crippen LogP contribution in [0.4, 0.5) is 14.9 Å². The standard InChI is InChI=1S/C16H9ClFNO2S/c17-11-4-2-6-13(9-11)19-15(20)14(22-16(19)21)8-10-3-1-5-12(18)7-10/h1-9H/b14-8-. The predicted octanol–water partition coefficient (Wildman–Crippen LogP) is 4.72. The van der Waals surface area contributed by atoms with Gasteiger partial charge in [-0.25, -0.2) is 9.29 Å². The van der Waals surface area contributed by atoms with Gasteiger partial charge in [0.15, 0.2) is 0 Å². The van der Waals surface area contributed by atoms with Crippen LogP contribution in [0.15, 0.2) is 53.4 Å². The molecule has 2 amide bonds. The molecule has 0 saturated carbocycles. The summed E-state index contributed by atoms with van der Waals surface area (Å²) < 4.78 is 13.2. The van der Waals surface area contributed by atoms with Gasteiger partial charge in [0.25, 0.3) is 11.1 Å². The van der Waals surface area contributed by atoms with Crippen LogP contribution in [0.1, 0.15) is 5.56 Å². The number of thioether (sulfide) groups is 1. The zero-order valence-corrected chi connectivity index (χ0v) is 12.7. The molecule has 110 valence electrons. The van der Waals surface area contributed by atoms with E-state index in [1.54, 1.807) is 36.4 Å². The third-order valence-electron chi connectivity index (χ3n) is 3.01. The third kappa shape index (κ3) is 2.91. The Morgan fingerprint density at radius 1 is 1.09 bits per heavy atom. The molecule has 0 spiro atoms. The van der Waals surface area contributed by atoms with Crippen molar-refractivity contribution < 1.29 is 14.0 Å². The van der Waals surface area contributed by atoms with Crippen LogP contribution in [0.2, 0.25) is 5.02 Å². The zero-order valence-electron chi connectivity index (χ0n) is 11.1. The number of benzene rings is 2. The lowest BCUT2D eigenvalue weighted by Gasteiger charge is -2.12. The van der Waals surface area contributed by atoms with Crippen LogP contribution in [0.25, 0.3) is 6.08 Å². The van der Waals surface area contributed by atoms with E-state index < -0.39 is 17.0 Å². The summed E-state index contributed by atoms with van der Waals surface area (Å²) in [6, 6.07) is 12.3. The van der Waals surface area contributed by atoms with Crippen molar-refractivity contribution in [2.24, 2.45) is 0 Å². The quantitative estimate of drug-likeness (QED) is 0.746. The largest absolute Gasteiger partial charge is 0.298 e. The first kappa shape index (κ1) is 14.8. The molecule has 0 atom stereocenters. The summed E-state index contributed by atoms with van der Waals surface area (Å²) in [4.78, 5) is 25.8. The molecule has 1 heterocycles. The van der Waals surface area contributed by atoms with E-state index in [1.165, 1.54) is 18.2 Å². The summed E-state index contributed by atoms with van der Waals surface area (Å²) in [7, 11) is 0. The van der Waals surface area contributed by atoms with Crippen LogP contribution < -0.4 is 4.90 Å². The van der Waals surface area contributed by atoms with E-state index in [0.29, 0.717) is 16.3 Å². The van der Waals surface area contributed by atoms with Crippen LogP contribution in [0.5, 0.6) is 0 Å². The van der Waals surface area contributed by atoms with Gasteiger partial charge < -0.3 is 0 Å². The molecule has 2 aromatic rings. The van der Waals surface area contributed by atoms with Crippen LogP contribution in [-0.4, -0.2) is 11.1 Å². The van der Waals surface area contributed by atoms with E-state index in [4.69, 9.17) is 11.6 Å². The minimum absolute atomic E-state index is 0.246. The van der Waals surface area contributed by atoms with Crippen molar-refractivity contribution in [3.05, 3.63) is 69.8 Å². The molecule has 0 aromatic heterocycles. The Hall–Kier alpha value is -2.11. The highest BCUT2D eigenvalue weighted by Gasteiger charge is 2.36. The lowest BCUT2D eigenvalue weighted by atomic mass is 10.2. The molecule has 1 aliphatic rings. The molecule has 0 aliphatic carbocycles. The van der Waals surface area contributed by atoms with Gasteiger partial charge in [-0.15, -0.1) is 0 Å².